The van der Waals surface area contributed by atoms with Crippen LogP contribution in [0, 0.1) is 18.3 Å². The van der Waals surface area contributed by atoms with Crippen molar-refractivity contribution in [3.8, 4) is 11.8 Å². The molecule has 0 unspecified atom stereocenters. The number of fused-ring (bicyclic) bond motifs is 1. The second-order valence-electron chi connectivity index (χ2n) is 3.66. The van der Waals surface area contributed by atoms with Crippen molar-refractivity contribution in [2.45, 2.75) is 6.92 Å². The molecule has 0 aliphatic carbocycles. The second-order valence-corrected chi connectivity index (χ2v) is 3.66. The van der Waals surface area contributed by atoms with Gasteiger partial charge in [-0.25, -0.2) is 0 Å². The van der Waals surface area contributed by atoms with Gasteiger partial charge in [0.05, 0.1) is 12.1 Å². The van der Waals surface area contributed by atoms with E-state index in [1.807, 2.05) is 31.2 Å². The summed E-state index contributed by atoms with van der Waals surface area (Å²) in [6.45, 7) is 2.04. The highest BCUT2D eigenvalue weighted by Gasteiger charge is 2.10. The lowest BCUT2D eigenvalue weighted by atomic mass is 10.1. The molecule has 0 spiro atoms. The molecule has 17 heavy (non-hydrogen) atoms. The molecule has 0 saturated heterocycles. The molecule has 4 nitrogen and oxygen atoms in total. The third kappa shape index (κ3) is 2.05. The molecular formula is C13H12N2O2. The van der Waals surface area contributed by atoms with Crippen molar-refractivity contribution < 1.29 is 9.84 Å². The number of aliphatic hydroxyl groups is 1. The summed E-state index contributed by atoms with van der Waals surface area (Å²) >= 11 is 0. The Morgan fingerprint density at radius 3 is 3.00 bits per heavy atom. The van der Waals surface area contributed by atoms with Crippen molar-refractivity contribution in [1.82, 2.24) is 4.98 Å². The maximum absolute atomic E-state index is 9.01. The van der Waals surface area contributed by atoms with Crippen LogP contribution in [0.1, 0.15) is 11.1 Å². The van der Waals surface area contributed by atoms with E-state index in [2.05, 4.69) is 4.98 Å². The monoisotopic (exact) mass is 228 g/mol. The van der Waals surface area contributed by atoms with E-state index in [1.54, 1.807) is 0 Å². The van der Waals surface area contributed by atoms with Crippen molar-refractivity contribution in [3.63, 3.8) is 0 Å². The number of benzene rings is 1. The van der Waals surface area contributed by atoms with E-state index in [-0.39, 0.29) is 13.2 Å². The fourth-order valence-electron chi connectivity index (χ4n) is 1.73. The highest BCUT2D eigenvalue weighted by molar-refractivity contribution is 5.89. The third-order valence-electron chi connectivity index (χ3n) is 2.51. The Labute approximate surface area is 99.1 Å². The molecule has 0 aliphatic rings. The number of nitrogens with zero attached hydrogens (tertiary/aromatic N) is 2. The van der Waals surface area contributed by atoms with Crippen LogP contribution in [0.4, 0.5) is 0 Å². The van der Waals surface area contributed by atoms with Gasteiger partial charge in [-0.1, -0.05) is 12.1 Å². The van der Waals surface area contributed by atoms with Crippen LogP contribution < -0.4 is 4.74 Å². The van der Waals surface area contributed by atoms with E-state index in [9.17, 15) is 0 Å². The number of aliphatic hydroxyl groups excluding tert-OH is 1. The van der Waals surface area contributed by atoms with Gasteiger partial charge in [0.2, 0.25) is 0 Å². The first-order valence-corrected chi connectivity index (χ1v) is 5.30. The molecule has 1 aromatic carbocycles. The van der Waals surface area contributed by atoms with Crippen LogP contribution in [-0.2, 0) is 0 Å². The molecule has 0 radical (unpaired) electrons. The fraction of sp³-hybridized carbons (Fsp3) is 0.231. The zero-order chi connectivity index (χ0) is 12.3. The van der Waals surface area contributed by atoms with E-state index in [4.69, 9.17) is 15.1 Å². The predicted molar refractivity (Wildman–Crippen MR) is 63.8 cm³/mol. The van der Waals surface area contributed by atoms with Crippen molar-refractivity contribution in [3.05, 3.63) is 35.5 Å². The van der Waals surface area contributed by atoms with Crippen LogP contribution in [0.5, 0.6) is 5.75 Å². The van der Waals surface area contributed by atoms with Gasteiger partial charge < -0.3 is 9.84 Å². The number of aryl methyl sites for hydroxylation is 1. The summed E-state index contributed by atoms with van der Waals surface area (Å²) in [6.07, 6.45) is 1.50. The van der Waals surface area contributed by atoms with Crippen molar-refractivity contribution in [2.75, 3.05) is 13.2 Å². The number of para-hydroxylation sites is 1. The lowest BCUT2D eigenvalue weighted by molar-refractivity contribution is 0.202. The first kappa shape index (κ1) is 11.4. The Morgan fingerprint density at radius 1 is 1.47 bits per heavy atom. The topological polar surface area (TPSA) is 66.1 Å². The quantitative estimate of drug-likeness (QED) is 0.869. The maximum atomic E-state index is 9.01. The van der Waals surface area contributed by atoms with Crippen molar-refractivity contribution in [1.29, 1.82) is 5.26 Å². The Bertz CT molecular complexity index is 588. The number of rotatable bonds is 3. The lowest BCUT2D eigenvalue weighted by Gasteiger charge is -2.10. The molecule has 0 bridgehead atoms. The average Bonchev–Trinajstić information content (AvgIpc) is 2.36. The molecule has 4 heteroatoms. The number of ether oxygens (including phenoxy) is 1. The average molecular weight is 228 g/mol. The molecular weight excluding hydrogens is 216 g/mol. The summed E-state index contributed by atoms with van der Waals surface area (Å²) in [5, 5.41) is 18.6. The molecule has 0 saturated carbocycles. The SMILES string of the molecule is Cc1cccc2c(OCCO)c(C#N)cnc12. The highest BCUT2D eigenvalue weighted by Crippen LogP contribution is 2.29. The summed E-state index contributed by atoms with van der Waals surface area (Å²) in [4.78, 5) is 4.26. The first-order valence-electron chi connectivity index (χ1n) is 5.30. The Morgan fingerprint density at radius 2 is 2.29 bits per heavy atom. The zero-order valence-corrected chi connectivity index (χ0v) is 9.47. The number of hydrogen-bond acceptors (Lipinski definition) is 4. The van der Waals surface area contributed by atoms with Gasteiger partial charge in [0, 0.05) is 11.6 Å². The van der Waals surface area contributed by atoms with E-state index >= 15 is 0 Å². The number of nitriles is 1. The minimum absolute atomic E-state index is 0.0828. The van der Waals surface area contributed by atoms with Gasteiger partial charge in [0.15, 0.2) is 0 Å². The minimum Gasteiger partial charge on any atom is -0.489 e. The summed E-state index contributed by atoms with van der Waals surface area (Å²) in [7, 11) is 0. The van der Waals surface area contributed by atoms with Crippen LogP contribution >= 0.6 is 0 Å². The van der Waals surface area contributed by atoms with Gasteiger partial charge in [-0.2, -0.15) is 5.26 Å². The van der Waals surface area contributed by atoms with E-state index in [0.29, 0.717) is 11.3 Å². The smallest absolute Gasteiger partial charge is 0.148 e. The van der Waals surface area contributed by atoms with Crippen LogP contribution in [0.2, 0.25) is 0 Å². The van der Waals surface area contributed by atoms with Crippen LogP contribution in [0.15, 0.2) is 24.4 Å². The molecule has 0 fully saturated rings. The molecule has 86 valence electrons. The molecule has 1 N–H and O–H groups in total. The van der Waals surface area contributed by atoms with Crippen LogP contribution in [0.3, 0.4) is 0 Å². The van der Waals surface area contributed by atoms with Crippen LogP contribution in [-0.4, -0.2) is 23.3 Å². The molecule has 1 heterocycles. The van der Waals surface area contributed by atoms with Gasteiger partial charge >= 0.3 is 0 Å². The molecule has 0 aliphatic heterocycles. The van der Waals surface area contributed by atoms with Crippen molar-refractivity contribution >= 4 is 10.9 Å². The predicted octanol–water partition coefficient (Wildman–Crippen LogP) is 1.79. The zero-order valence-electron chi connectivity index (χ0n) is 9.47. The minimum atomic E-state index is -0.0828. The number of aromatic nitrogens is 1. The Kier molecular flexibility index (Phi) is 3.22. The number of pyridine rings is 1. The lowest BCUT2D eigenvalue weighted by Crippen LogP contribution is -2.04. The van der Waals surface area contributed by atoms with Gasteiger partial charge in [-0.3, -0.25) is 4.98 Å². The highest BCUT2D eigenvalue weighted by atomic mass is 16.5. The standard InChI is InChI=1S/C13H12N2O2/c1-9-3-2-4-11-12(9)15-8-10(7-14)13(11)17-6-5-16/h2-4,8,16H,5-6H2,1H3. The van der Waals surface area contributed by atoms with Crippen molar-refractivity contribution in [2.24, 2.45) is 0 Å². The van der Waals surface area contributed by atoms with E-state index in [1.165, 1.54) is 6.20 Å². The van der Waals surface area contributed by atoms with Gasteiger partial charge in [-0.05, 0) is 18.6 Å². The largest absolute Gasteiger partial charge is 0.489 e. The second kappa shape index (κ2) is 4.81. The molecule has 1 aromatic heterocycles. The third-order valence-corrected chi connectivity index (χ3v) is 2.51. The maximum Gasteiger partial charge on any atom is 0.148 e. The van der Waals surface area contributed by atoms with Crippen LogP contribution in [0.25, 0.3) is 10.9 Å². The summed E-state index contributed by atoms with van der Waals surface area (Å²) in [5.41, 5.74) is 2.23. The summed E-state index contributed by atoms with van der Waals surface area (Å²) in [5.74, 6) is 0.496. The first-order chi connectivity index (χ1) is 8.27. The fourth-order valence-corrected chi connectivity index (χ4v) is 1.73. The molecule has 2 rings (SSSR count). The normalized spacial score (nSPS) is 10.2. The van der Waals surface area contributed by atoms with E-state index in [0.717, 1.165) is 16.5 Å². The molecule has 0 atom stereocenters. The Hall–Kier alpha value is -2.12. The van der Waals surface area contributed by atoms with Gasteiger partial charge in [-0.15, -0.1) is 0 Å². The summed E-state index contributed by atoms with van der Waals surface area (Å²) < 4.78 is 5.43. The number of hydrogen-bond donors (Lipinski definition) is 1. The molecule has 0 amide bonds. The summed E-state index contributed by atoms with van der Waals surface area (Å²) in [6, 6.07) is 7.76. The van der Waals surface area contributed by atoms with Gasteiger partial charge in [0.1, 0.15) is 24.0 Å². The van der Waals surface area contributed by atoms with Gasteiger partial charge in [0.25, 0.3) is 0 Å². The molecule has 2 aromatic rings. The Balaban J connectivity index is 2.66. The van der Waals surface area contributed by atoms with E-state index < -0.39 is 0 Å².